The summed E-state index contributed by atoms with van der Waals surface area (Å²) >= 11 is 1.60. The molecular formula is C28H34N4O2S. The van der Waals surface area contributed by atoms with Gasteiger partial charge in [-0.15, -0.1) is 11.3 Å². The van der Waals surface area contributed by atoms with Crippen LogP contribution in [0.2, 0.25) is 0 Å². The molecule has 1 unspecified atom stereocenters. The summed E-state index contributed by atoms with van der Waals surface area (Å²) in [5.74, 6) is -0.172. The number of carbonyl (C=O) groups is 2. The molecule has 1 atom stereocenters. The Hall–Kier alpha value is -2.93. The molecule has 2 amide bonds. The highest BCUT2D eigenvalue weighted by Gasteiger charge is 2.48. The molecule has 1 fully saturated rings. The van der Waals surface area contributed by atoms with Crippen LogP contribution in [0.4, 0.5) is 0 Å². The molecule has 0 bridgehead atoms. The van der Waals surface area contributed by atoms with Crippen molar-refractivity contribution in [1.29, 1.82) is 0 Å². The number of hydrogen-bond donors (Lipinski definition) is 1. The van der Waals surface area contributed by atoms with Crippen LogP contribution < -0.4 is 5.32 Å². The predicted octanol–water partition coefficient (Wildman–Crippen LogP) is 5.30. The number of nitrogens with one attached hydrogen (secondary N) is 1. The van der Waals surface area contributed by atoms with Crippen LogP contribution in [0.15, 0.2) is 53.9 Å². The number of benzene rings is 1. The second-order valence-electron chi connectivity index (χ2n) is 10.0. The van der Waals surface area contributed by atoms with Crippen LogP contribution in [0.25, 0.3) is 10.6 Å². The normalized spacial score (nSPS) is 20.9. The van der Waals surface area contributed by atoms with E-state index in [4.69, 9.17) is 5.10 Å². The van der Waals surface area contributed by atoms with E-state index in [1.54, 1.807) is 20.9 Å². The van der Waals surface area contributed by atoms with Gasteiger partial charge in [0.05, 0.1) is 11.4 Å². The maximum atomic E-state index is 13.8. The maximum Gasteiger partial charge on any atom is 0.273 e. The van der Waals surface area contributed by atoms with Gasteiger partial charge in [-0.3, -0.25) is 14.3 Å². The van der Waals surface area contributed by atoms with Crippen molar-refractivity contribution in [1.82, 2.24) is 20.0 Å². The summed E-state index contributed by atoms with van der Waals surface area (Å²) in [6.07, 6.45) is 8.45. The van der Waals surface area contributed by atoms with Crippen LogP contribution in [0.3, 0.4) is 0 Å². The summed E-state index contributed by atoms with van der Waals surface area (Å²) in [4.78, 5) is 30.4. The summed E-state index contributed by atoms with van der Waals surface area (Å²) in [6.45, 7) is 2.81. The second kappa shape index (κ2) is 10.4. The molecule has 1 N–H and O–H groups in total. The third kappa shape index (κ3) is 5.06. The van der Waals surface area contributed by atoms with Crippen molar-refractivity contribution in [2.24, 2.45) is 0 Å². The lowest BCUT2D eigenvalue weighted by Crippen LogP contribution is -2.65. The summed E-state index contributed by atoms with van der Waals surface area (Å²) in [5, 5.41) is 10.1. The highest BCUT2D eigenvalue weighted by Crippen LogP contribution is 2.32. The van der Waals surface area contributed by atoms with Crippen molar-refractivity contribution in [3.8, 4) is 10.6 Å². The lowest BCUT2D eigenvalue weighted by Gasteiger charge is -2.44. The fourth-order valence-corrected chi connectivity index (χ4v) is 6.07. The van der Waals surface area contributed by atoms with Gasteiger partial charge in [0.1, 0.15) is 16.9 Å². The molecule has 0 spiro atoms. The van der Waals surface area contributed by atoms with Crippen LogP contribution in [0, 0.1) is 0 Å². The van der Waals surface area contributed by atoms with E-state index in [9.17, 15) is 9.59 Å². The first-order valence-electron chi connectivity index (χ1n) is 12.8. The van der Waals surface area contributed by atoms with Gasteiger partial charge in [-0.2, -0.15) is 5.10 Å². The average Bonchev–Trinajstić information content (AvgIpc) is 3.47. The number of thiophene rings is 1. The number of aromatic nitrogens is 2. The highest BCUT2D eigenvalue weighted by atomic mass is 32.1. The molecule has 1 saturated carbocycles. The Bertz CT molecular complexity index is 1150. The molecule has 2 aromatic heterocycles. The molecule has 35 heavy (non-hydrogen) atoms. The van der Waals surface area contributed by atoms with E-state index in [1.165, 1.54) is 18.4 Å². The zero-order valence-corrected chi connectivity index (χ0v) is 21.2. The minimum absolute atomic E-state index is 0.0590. The SMILES string of the molecule is CC1(C(=O)NC2CCCCCC2)Cn2nc(-c3cccs3)cc2C(=O)N1CCCc1ccccc1. The molecule has 0 radical (unpaired) electrons. The number of nitrogens with zero attached hydrogens (tertiary/aromatic N) is 3. The quantitative estimate of drug-likeness (QED) is 0.457. The van der Waals surface area contributed by atoms with Gasteiger partial charge in [-0.1, -0.05) is 62.1 Å². The van der Waals surface area contributed by atoms with Crippen molar-refractivity contribution in [2.75, 3.05) is 6.54 Å². The lowest BCUT2D eigenvalue weighted by atomic mass is 9.93. The van der Waals surface area contributed by atoms with Crippen LogP contribution in [0.1, 0.15) is 67.9 Å². The van der Waals surface area contributed by atoms with Crippen LogP contribution in [-0.2, 0) is 17.8 Å². The van der Waals surface area contributed by atoms with Crippen molar-refractivity contribution in [3.05, 3.63) is 65.2 Å². The zero-order valence-electron chi connectivity index (χ0n) is 20.4. The van der Waals surface area contributed by atoms with Crippen molar-refractivity contribution >= 4 is 23.2 Å². The van der Waals surface area contributed by atoms with E-state index in [-0.39, 0.29) is 17.9 Å². The monoisotopic (exact) mass is 490 g/mol. The summed E-state index contributed by atoms with van der Waals surface area (Å²) in [7, 11) is 0. The Morgan fingerprint density at radius 1 is 1.11 bits per heavy atom. The Labute approximate surface area is 211 Å². The fourth-order valence-electron chi connectivity index (χ4n) is 5.39. The molecule has 0 saturated heterocycles. The number of amides is 2. The molecular weight excluding hydrogens is 456 g/mol. The minimum atomic E-state index is -0.980. The highest BCUT2D eigenvalue weighted by molar-refractivity contribution is 7.13. The smallest absolute Gasteiger partial charge is 0.273 e. The van der Waals surface area contributed by atoms with E-state index >= 15 is 0 Å². The van der Waals surface area contributed by atoms with Crippen molar-refractivity contribution < 1.29 is 9.59 Å². The van der Waals surface area contributed by atoms with Gasteiger partial charge in [0.25, 0.3) is 5.91 Å². The van der Waals surface area contributed by atoms with Crippen molar-refractivity contribution in [2.45, 2.75) is 76.4 Å². The predicted molar refractivity (Wildman–Crippen MR) is 139 cm³/mol. The van der Waals surface area contributed by atoms with Crippen LogP contribution in [0.5, 0.6) is 0 Å². The maximum absolute atomic E-state index is 13.8. The molecule has 184 valence electrons. The average molecular weight is 491 g/mol. The van der Waals surface area contributed by atoms with E-state index in [0.29, 0.717) is 18.8 Å². The molecule has 1 aliphatic heterocycles. The van der Waals surface area contributed by atoms with Crippen LogP contribution >= 0.6 is 11.3 Å². The second-order valence-corrected chi connectivity index (χ2v) is 11.0. The standard InChI is InChI=1S/C28H34N4O2S/c1-28(27(34)29-22-14-7-2-3-8-15-22)20-32-24(19-23(30-32)25-16-10-18-35-25)26(33)31(28)17-9-13-21-11-5-4-6-12-21/h4-6,10-12,16,18-19,22H,2-3,7-9,13-15,17,20H2,1H3,(H,29,34). The Morgan fingerprint density at radius 3 is 2.60 bits per heavy atom. The van der Waals surface area contributed by atoms with Gasteiger partial charge in [0, 0.05) is 12.6 Å². The number of aryl methyl sites for hydroxylation is 1. The third-order valence-corrected chi connectivity index (χ3v) is 8.33. The molecule has 7 heteroatoms. The summed E-state index contributed by atoms with van der Waals surface area (Å²) < 4.78 is 1.75. The Morgan fingerprint density at radius 2 is 1.89 bits per heavy atom. The fraction of sp³-hybridized carbons (Fsp3) is 0.464. The van der Waals surface area contributed by atoms with E-state index in [0.717, 1.165) is 49.1 Å². The largest absolute Gasteiger partial charge is 0.351 e. The molecule has 5 rings (SSSR count). The molecule has 3 heterocycles. The van der Waals surface area contributed by atoms with Gasteiger partial charge in [0.15, 0.2) is 0 Å². The number of rotatable bonds is 7. The third-order valence-electron chi connectivity index (χ3n) is 7.44. The number of carbonyl (C=O) groups excluding carboxylic acids is 2. The van der Waals surface area contributed by atoms with Gasteiger partial charge in [-0.05, 0) is 55.7 Å². The van der Waals surface area contributed by atoms with Gasteiger partial charge in [-0.25, -0.2) is 0 Å². The Balaban J connectivity index is 1.40. The molecule has 2 aliphatic rings. The van der Waals surface area contributed by atoms with E-state index in [1.807, 2.05) is 48.7 Å². The lowest BCUT2D eigenvalue weighted by molar-refractivity contribution is -0.134. The van der Waals surface area contributed by atoms with Gasteiger partial charge < -0.3 is 10.2 Å². The van der Waals surface area contributed by atoms with E-state index < -0.39 is 5.54 Å². The summed E-state index contributed by atoms with van der Waals surface area (Å²) in [5.41, 5.74) is 1.62. The minimum Gasteiger partial charge on any atom is -0.351 e. The van der Waals surface area contributed by atoms with Crippen molar-refractivity contribution in [3.63, 3.8) is 0 Å². The number of hydrogen-bond acceptors (Lipinski definition) is 4. The first-order valence-corrected chi connectivity index (χ1v) is 13.7. The Kier molecular flexibility index (Phi) is 7.04. The molecule has 6 nitrogen and oxygen atoms in total. The van der Waals surface area contributed by atoms with Crippen LogP contribution in [-0.4, -0.2) is 44.6 Å². The number of fused-ring (bicyclic) bond motifs is 1. The zero-order chi connectivity index (χ0) is 24.3. The van der Waals surface area contributed by atoms with Gasteiger partial charge in [0.2, 0.25) is 5.91 Å². The first kappa shape index (κ1) is 23.8. The molecule has 1 aliphatic carbocycles. The first-order chi connectivity index (χ1) is 17.0. The van der Waals surface area contributed by atoms with E-state index in [2.05, 4.69) is 17.4 Å². The summed E-state index contributed by atoms with van der Waals surface area (Å²) in [6, 6.07) is 16.4. The molecule has 3 aromatic rings. The van der Waals surface area contributed by atoms with Gasteiger partial charge >= 0.3 is 0 Å². The molecule has 1 aromatic carbocycles. The topological polar surface area (TPSA) is 67.2 Å².